The largest absolute Gasteiger partial charge is 0.399 e. The van der Waals surface area contributed by atoms with Gasteiger partial charge in [0, 0.05) is 17.1 Å². The van der Waals surface area contributed by atoms with Gasteiger partial charge in [0.15, 0.2) is 0 Å². The fourth-order valence-corrected chi connectivity index (χ4v) is 1.68. The molecule has 0 aliphatic rings. The molecule has 0 fully saturated rings. The van der Waals surface area contributed by atoms with Crippen LogP contribution < -0.4 is 11.1 Å². The first-order valence-electron chi connectivity index (χ1n) is 5.32. The third-order valence-electron chi connectivity index (χ3n) is 2.40. The van der Waals surface area contributed by atoms with Crippen molar-refractivity contribution in [1.29, 1.82) is 5.26 Å². The van der Waals surface area contributed by atoms with Gasteiger partial charge < -0.3 is 11.1 Å². The van der Waals surface area contributed by atoms with Crippen molar-refractivity contribution in [3.8, 4) is 6.07 Å². The standard InChI is InChI=1S/C14H13N3/c1-10-6-12(16)8-14(7-10)17-13-4-2-11(9-15)3-5-13/h2-8,17H,16H2,1H3. The van der Waals surface area contributed by atoms with Crippen LogP contribution in [-0.2, 0) is 0 Å². The van der Waals surface area contributed by atoms with Crippen LogP contribution in [0.15, 0.2) is 42.5 Å². The summed E-state index contributed by atoms with van der Waals surface area (Å²) in [6.45, 7) is 2.00. The maximum atomic E-state index is 8.70. The Morgan fingerprint density at radius 3 is 2.35 bits per heavy atom. The molecule has 3 heteroatoms. The maximum absolute atomic E-state index is 8.70. The van der Waals surface area contributed by atoms with Crippen LogP contribution in [0.3, 0.4) is 0 Å². The average molecular weight is 223 g/mol. The number of hydrogen-bond acceptors (Lipinski definition) is 3. The number of rotatable bonds is 2. The highest BCUT2D eigenvalue weighted by Gasteiger charge is 1.97. The molecule has 3 N–H and O–H groups in total. The van der Waals surface area contributed by atoms with Gasteiger partial charge in [0.25, 0.3) is 0 Å². The predicted molar refractivity (Wildman–Crippen MR) is 70.0 cm³/mol. The van der Waals surface area contributed by atoms with Gasteiger partial charge in [-0.3, -0.25) is 0 Å². The third-order valence-corrected chi connectivity index (χ3v) is 2.40. The van der Waals surface area contributed by atoms with Crippen LogP contribution in [-0.4, -0.2) is 0 Å². The average Bonchev–Trinajstić information content (AvgIpc) is 2.28. The molecule has 0 aliphatic heterocycles. The molecule has 0 aliphatic carbocycles. The molecule has 0 amide bonds. The second kappa shape index (κ2) is 4.58. The van der Waals surface area contributed by atoms with Gasteiger partial charge >= 0.3 is 0 Å². The monoisotopic (exact) mass is 223 g/mol. The Bertz CT molecular complexity index is 545. The molecule has 0 spiro atoms. The zero-order valence-corrected chi connectivity index (χ0v) is 9.57. The molecule has 84 valence electrons. The molecule has 3 nitrogen and oxygen atoms in total. The van der Waals surface area contributed by atoms with Crippen LogP contribution in [0.4, 0.5) is 17.1 Å². The molecule has 0 radical (unpaired) electrons. The van der Waals surface area contributed by atoms with E-state index in [4.69, 9.17) is 11.0 Å². The van der Waals surface area contributed by atoms with E-state index in [1.165, 1.54) is 0 Å². The summed E-state index contributed by atoms with van der Waals surface area (Å²) in [5.74, 6) is 0. The highest BCUT2D eigenvalue weighted by molar-refractivity contribution is 5.65. The molecule has 0 heterocycles. The van der Waals surface area contributed by atoms with Crippen molar-refractivity contribution in [3.63, 3.8) is 0 Å². The number of nitriles is 1. The Morgan fingerprint density at radius 1 is 1.06 bits per heavy atom. The quantitative estimate of drug-likeness (QED) is 0.768. The molecule has 0 saturated carbocycles. The molecule has 17 heavy (non-hydrogen) atoms. The minimum Gasteiger partial charge on any atom is -0.399 e. The number of anilines is 3. The van der Waals surface area contributed by atoms with E-state index in [1.807, 2.05) is 37.3 Å². The fourth-order valence-electron chi connectivity index (χ4n) is 1.68. The molecule has 2 aromatic rings. The highest BCUT2D eigenvalue weighted by atomic mass is 14.9. The Labute approximate surface area is 101 Å². The number of nitrogens with one attached hydrogen (secondary N) is 1. The minimum absolute atomic E-state index is 0.652. The van der Waals surface area contributed by atoms with E-state index in [0.717, 1.165) is 22.6 Å². The summed E-state index contributed by atoms with van der Waals surface area (Å²) in [6.07, 6.45) is 0. The van der Waals surface area contributed by atoms with Gasteiger partial charge in [-0.05, 0) is 55.0 Å². The number of nitrogens with two attached hydrogens (primary N) is 1. The summed E-state index contributed by atoms with van der Waals surface area (Å²) in [5, 5.41) is 12.0. The van der Waals surface area contributed by atoms with Crippen LogP contribution in [0.1, 0.15) is 11.1 Å². The van der Waals surface area contributed by atoms with Crippen LogP contribution in [0.5, 0.6) is 0 Å². The third kappa shape index (κ3) is 2.76. The van der Waals surface area contributed by atoms with Crippen molar-refractivity contribution in [1.82, 2.24) is 0 Å². The second-order valence-electron chi connectivity index (χ2n) is 3.95. The van der Waals surface area contributed by atoms with Gasteiger partial charge in [-0.25, -0.2) is 0 Å². The SMILES string of the molecule is Cc1cc(N)cc(Nc2ccc(C#N)cc2)c1. The number of aryl methyl sites for hydroxylation is 1. The van der Waals surface area contributed by atoms with Crippen molar-refractivity contribution < 1.29 is 0 Å². The molecular weight excluding hydrogens is 210 g/mol. The lowest BCUT2D eigenvalue weighted by molar-refractivity contribution is 1.44. The first-order valence-corrected chi connectivity index (χ1v) is 5.32. The van der Waals surface area contributed by atoms with E-state index in [-0.39, 0.29) is 0 Å². The minimum atomic E-state index is 0.652. The van der Waals surface area contributed by atoms with E-state index < -0.39 is 0 Å². The van der Waals surface area contributed by atoms with Crippen LogP contribution in [0.2, 0.25) is 0 Å². The topological polar surface area (TPSA) is 61.8 Å². The zero-order chi connectivity index (χ0) is 12.3. The van der Waals surface area contributed by atoms with Crippen molar-refractivity contribution in [2.24, 2.45) is 0 Å². The molecule has 0 bridgehead atoms. The van der Waals surface area contributed by atoms with Crippen LogP contribution in [0, 0.1) is 18.3 Å². The van der Waals surface area contributed by atoms with Gasteiger partial charge in [-0.15, -0.1) is 0 Å². The Kier molecular flexibility index (Phi) is 2.97. The Balaban J connectivity index is 2.22. The number of nitrogens with zero attached hydrogens (tertiary/aromatic N) is 1. The second-order valence-corrected chi connectivity index (χ2v) is 3.95. The molecule has 2 aromatic carbocycles. The summed E-state index contributed by atoms with van der Waals surface area (Å²) < 4.78 is 0. The highest BCUT2D eigenvalue weighted by Crippen LogP contribution is 2.21. The summed E-state index contributed by atoms with van der Waals surface area (Å²) >= 11 is 0. The summed E-state index contributed by atoms with van der Waals surface area (Å²) in [4.78, 5) is 0. The van der Waals surface area contributed by atoms with Crippen LogP contribution >= 0.6 is 0 Å². The van der Waals surface area contributed by atoms with Gasteiger partial charge in [0.1, 0.15) is 0 Å². The van der Waals surface area contributed by atoms with Gasteiger partial charge in [-0.2, -0.15) is 5.26 Å². The van der Waals surface area contributed by atoms with Gasteiger partial charge in [0.05, 0.1) is 11.6 Å². The number of hydrogen-bond donors (Lipinski definition) is 2. The summed E-state index contributed by atoms with van der Waals surface area (Å²) in [5.41, 5.74) is 10.2. The van der Waals surface area contributed by atoms with Crippen LogP contribution in [0.25, 0.3) is 0 Å². The van der Waals surface area contributed by atoms with Crippen molar-refractivity contribution >= 4 is 17.1 Å². The molecule has 0 aromatic heterocycles. The molecule has 0 atom stereocenters. The molecule has 2 rings (SSSR count). The smallest absolute Gasteiger partial charge is 0.0991 e. The molecular formula is C14H13N3. The van der Waals surface area contributed by atoms with E-state index in [1.54, 1.807) is 12.1 Å². The van der Waals surface area contributed by atoms with E-state index >= 15 is 0 Å². The lowest BCUT2D eigenvalue weighted by Crippen LogP contribution is -1.93. The lowest BCUT2D eigenvalue weighted by atomic mass is 10.2. The van der Waals surface area contributed by atoms with Crippen molar-refractivity contribution in [2.45, 2.75) is 6.92 Å². The summed E-state index contributed by atoms with van der Waals surface area (Å²) in [6, 6.07) is 15.2. The molecule has 0 saturated heterocycles. The first-order chi connectivity index (χ1) is 8.17. The van der Waals surface area contributed by atoms with Crippen molar-refractivity contribution in [2.75, 3.05) is 11.1 Å². The van der Waals surface area contributed by atoms with E-state index in [9.17, 15) is 0 Å². The van der Waals surface area contributed by atoms with Gasteiger partial charge in [0.2, 0.25) is 0 Å². The Hall–Kier alpha value is -2.47. The normalized spacial score (nSPS) is 9.65. The molecule has 0 unspecified atom stereocenters. The first kappa shape index (κ1) is 11.0. The van der Waals surface area contributed by atoms with E-state index in [2.05, 4.69) is 11.4 Å². The van der Waals surface area contributed by atoms with E-state index in [0.29, 0.717) is 5.56 Å². The Morgan fingerprint density at radius 2 is 1.76 bits per heavy atom. The van der Waals surface area contributed by atoms with Crippen molar-refractivity contribution in [3.05, 3.63) is 53.6 Å². The predicted octanol–water partition coefficient (Wildman–Crippen LogP) is 3.19. The number of benzene rings is 2. The summed E-state index contributed by atoms with van der Waals surface area (Å²) in [7, 11) is 0. The zero-order valence-electron chi connectivity index (χ0n) is 9.57. The fraction of sp³-hybridized carbons (Fsp3) is 0.0714. The van der Waals surface area contributed by atoms with Gasteiger partial charge in [-0.1, -0.05) is 0 Å². The lowest BCUT2D eigenvalue weighted by Gasteiger charge is -2.08. The maximum Gasteiger partial charge on any atom is 0.0991 e. The number of nitrogen functional groups attached to an aromatic ring is 1.